The Morgan fingerprint density at radius 2 is 2.40 bits per heavy atom. The van der Waals surface area contributed by atoms with Crippen molar-refractivity contribution in [1.29, 1.82) is 0 Å². The lowest BCUT2D eigenvalue weighted by molar-refractivity contribution is -0.00772. The summed E-state index contributed by atoms with van der Waals surface area (Å²) in [6.07, 6.45) is 1.79. The number of ether oxygens (including phenoxy) is 1. The number of halogens is 1. The molecule has 0 spiro atoms. The van der Waals surface area contributed by atoms with Gasteiger partial charge in [0.15, 0.2) is 0 Å². The number of hydrogen-bond acceptors (Lipinski definition) is 3. The summed E-state index contributed by atoms with van der Waals surface area (Å²) in [7, 11) is 0. The lowest BCUT2D eigenvalue weighted by Crippen LogP contribution is -2.50. The van der Waals surface area contributed by atoms with Crippen molar-refractivity contribution in [2.75, 3.05) is 46.1 Å². The SMILES string of the molecule is CCCNCC1COCCN1CCCF. The summed E-state index contributed by atoms with van der Waals surface area (Å²) in [6.45, 7) is 7.32. The van der Waals surface area contributed by atoms with Crippen molar-refractivity contribution in [1.82, 2.24) is 10.2 Å². The van der Waals surface area contributed by atoms with Crippen molar-refractivity contribution in [3.63, 3.8) is 0 Å². The van der Waals surface area contributed by atoms with E-state index < -0.39 is 0 Å². The summed E-state index contributed by atoms with van der Waals surface area (Å²) in [6, 6.07) is 0.428. The van der Waals surface area contributed by atoms with E-state index in [1.54, 1.807) is 0 Å². The third kappa shape index (κ3) is 4.91. The van der Waals surface area contributed by atoms with E-state index in [-0.39, 0.29) is 6.67 Å². The van der Waals surface area contributed by atoms with Crippen molar-refractivity contribution in [2.45, 2.75) is 25.8 Å². The molecular weight excluding hydrogens is 195 g/mol. The molecule has 1 rings (SSSR count). The quantitative estimate of drug-likeness (QED) is 0.646. The van der Waals surface area contributed by atoms with Crippen LogP contribution >= 0.6 is 0 Å². The van der Waals surface area contributed by atoms with Gasteiger partial charge < -0.3 is 10.1 Å². The van der Waals surface area contributed by atoms with Crippen LogP contribution in [0.25, 0.3) is 0 Å². The van der Waals surface area contributed by atoms with Crippen molar-refractivity contribution in [2.24, 2.45) is 0 Å². The number of nitrogens with zero attached hydrogens (tertiary/aromatic N) is 1. The average Bonchev–Trinajstić information content (AvgIpc) is 2.28. The lowest BCUT2D eigenvalue weighted by Gasteiger charge is -2.35. The first kappa shape index (κ1) is 12.9. The highest BCUT2D eigenvalue weighted by Gasteiger charge is 2.21. The standard InChI is InChI=1S/C11H23FN2O/c1-2-5-13-9-11-10-15-8-7-14(11)6-3-4-12/h11,13H,2-10H2,1H3. The van der Waals surface area contributed by atoms with Gasteiger partial charge in [-0.1, -0.05) is 6.92 Å². The van der Waals surface area contributed by atoms with Gasteiger partial charge in [0.1, 0.15) is 0 Å². The molecule has 0 radical (unpaired) electrons. The Labute approximate surface area is 92.0 Å². The second-order valence-electron chi connectivity index (χ2n) is 4.01. The molecule has 1 N–H and O–H groups in total. The summed E-state index contributed by atoms with van der Waals surface area (Å²) >= 11 is 0. The Morgan fingerprint density at radius 3 is 3.13 bits per heavy atom. The molecule has 1 unspecified atom stereocenters. The van der Waals surface area contributed by atoms with E-state index in [2.05, 4.69) is 17.1 Å². The summed E-state index contributed by atoms with van der Waals surface area (Å²) in [4.78, 5) is 2.34. The highest BCUT2D eigenvalue weighted by Crippen LogP contribution is 2.06. The molecule has 0 aromatic rings. The molecule has 3 nitrogen and oxygen atoms in total. The molecule has 15 heavy (non-hydrogen) atoms. The fourth-order valence-corrected chi connectivity index (χ4v) is 1.88. The molecule has 90 valence electrons. The van der Waals surface area contributed by atoms with E-state index in [0.717, 1.165) is 45.8 Å². The molecule has 0 aliphatic carbocycles. The normalized spacial score (nSPS) is 23.2. The lowest BCUT2D eigenvalue weighted by atomic mass is 10.2. The zero-order valence-corrected chi connectivity index (χ0v) is 9.67. The van der Waals surface area contributed by atoms with Crippen molar-refractivity contribution in [3.8, 4) is 0 Å². The predicted octanol–water partition coefficient (Wildman–Crippen LogP) is 1.05. The Bertz CT molecular complexity index is 158. The van der Waals surface area contributed by atoms with Crippen LogP contribution in [0, 0.1) is 0 Å². The first-order valence-electron chi connectivity index (χ1n) is 5.97. The number of hydrogen-bond donors (Lipinski definition) is 1. The van der Waals surface area contributed by atoms with Gasteiger partial charge >= 0.3 is 0 Å². The van der Waals surface area contributed by atoms with Crippen LogP contribution in [0.2, 0.25) is 0 Å². The summed E-state index contributed by atoms with van der Waals surface area (Å²) in [5.41, 5.74) is 0. The van der Waals surface area contributed by atoms with Crippen LogP contribution in [-0.2, 0) is 4.74 Å². The van der Waals surface area contributed by atoms with Gasteiger partial charge in [-0.15, -0.1) is 0 Å². The fourth-order valence-electron chi connectivity index (χ4n) is 1.88. The molecule has 0 aromatic heterocycles. The van der Waals surface area contributed by atoms with E-state index >= 15 is 0 Å². The highest BCUT2D eigenvalue weighted by atomic mass is 19.1. The number of alkyl halides is 1. The molecule has 4 heteroatoms. The van der Waals surface area contributed by atoms with Gasteiger partial charge in [-0.2, -0.15) is 0 Å². The van der Waals surface area contributed by atoms with Crippen LogP contribution in [0.4, 0.5) is 4.39 Å². The molecule has 0 bridgehead atoms. The summed E-state index contributed by atoms with van der Waals surface area (Å²) in [5.74, 6) is 0. The van der Waals surface area contributed by atoms with Gasteiger partial charge in [-0.05, 0) is 19.4 Å². The maximum absolute atomic E-state index is 12.1. The Hall–Kier alpha value is -0.190. The molecule has 1 heterocycles. The molecule has 1 atom stereocenters. The first-order chi connectivity index (χ1) is 7.38. The maximum Gasteiger partial charge on any atom is 0.0906 e. The van der Waals surface area contributed by atoms with Gasteiger partial charge in [0.25, 0.3) is 0 Å². The van der Waals surface area contributed by atoms with Crippen molar-refractivity contribution >= 4 is 0 Å². The smallest absolute Gasteiger partial charge is 0.0906 e. The van der Waals surface area contributed by atoms with Crippen molar-refractivity contribution < 1.29 is 9.13 Å². The monoisotopic (exact) mass is 218 g/mol. The van der Waals surface area contributed by atoms with Crippen LogP contribution in [0.1, 0.15) is 19.8 Å². The van der Waals surface area contributed by atoms with Gasteiger partial charge in [-0.3, -0.25) is 9.29 Å². The zero-order chi connectivity index (χ0) is 10.9. The molecule has 1 saturated heterocycles. The van der Waals surface area contributed by atoms with Crippen LogP contribution in [0.15, 0.2) is 0 Å². The zero-order valence-electron chi connectivity index (χ0n) is 9.67. The van der Waals surface area contributed by atoms with Crippen molar-refractivity contribution in [3.05, 3.63) is 0 Å². The van der Waals surface area contributed by atoms with E-state index in [4.69, 9.17) is 4.74 Å². The van der Waals surface area contributed by atoms with Gasteiger partial charge in [0.05, 0.1) is 19.9 Å². The minimum atomic E-state index is -0.216. The third-order valence-corrected chi connectivity index (χ3v) is 2.74. The third-order valence-electron chi connectivity index (χ3n) is 2.74. The number of nitrogens with one attached hydrogen (secondary N) is 1. The highest BCUT2D eigenvalue weighted by molar-refractivity contribution is 4.77. The number of morpholine rings is 1. The molecule has 1 aliphatic heterocycles. The van der Waals surface area contributed by atoms with E-state index in [9.17, 15) is 4.39 Å². The van der Waals surface area contributed by atoms with Gasteiger partial charge in [0, 0.05) is 25.7 Å². The van der Waals surface area contributed by atoms with Crippen LogP contribution in [0.3, 0.4) is 0 Å². The minimum absolute atomic E-state index is 0.216. The fraction of sp³-hybridized carbons (Fsp3) is 1.00. The summed E-state index contributed by atoms with van der Waals surface area (Å²) in [5, 5.41) is 3.40. The largest absolute Gasteiger partial charge is 0.378 e. The van der Waals surface area contributed by atoms with Gasteiger partial charge in [0.2, 0.25) is 0 Å². The van der Waals surface area contributed by atoms with Crippen LogP contribution in [-0.4, -0.2) is 57.0 Å². The van der Waals surface area contributed by atoms with E-state index in [1.807, 2.05) is 0 Å². The van der Waals surface area contributed by atoms with Gasteiger partial charge in [-0.25, -0.2) is 0 Å². The Morgan fingerprint density at radius 1 is 1.53 bits per heavy atom. The molecule has 0 aromatic carbocycles. The molecule has 0 saturated carbocycles. The van der Waals surface area contributed by atoms with Crippen LogP contribution in [0.5, 0.6) is 0 Å². The molecule has 1 fully saturated rings. The van der Waals surface area contributed by atoms with E-state index in [1.165, 1.54) is 0 Å². The maximum atomic E-state index is 12.1. The topological polar surface area (TPSA) is 24.5 Å². The molecule has 0 amide bonds. The molecule has 1 aliphatic rings. The second kappa shape index (κ2) is 8.02. The predicted molar refractivity (Wildman–Crippen MR) is 59.9 cm³/mol. The average molecular weight is 218 g/mol. The second-order valence-corrected chi connectivity index (χ2v) is 4.01. The summed E-state index contributed by atoms with van der Waals surface area (Å²) < 4.78 is 17.6. The van der Waals surface area contributed by atoms with Crippen LogP contribution < -0.4 is 5.32 Å². The molecular formula is C11H23FN2O. The Kier molecular flexibility index (Phi) is 6.88. The Balaban J connectivity index is 2.22. The van der Waals surface area contributed by atoms with E-state index in [0.29, 0.717) is 12.5 Å². The first-order valence-corrected chi connectivity index (χ1v) is 5.97. The minimum Gasteiger partial charge on any atom is -0.378 e. The number of rotatable bonds is 7.